The van der Waals surface area contributed by atoms with Crippen LogP contribution in [0, 0.1) is 52.4 Å². The van der Waals surface area contributed by atoms with Crippen LogP contribution in [0.3, 0.4) is 0 Å². The summed E-state index contributed by atoms with van der Waals surface area (Å²) >= 11 is 0. The lowest BCUT2D eigenvalue weighted by molar-refractivity contribution is 0.116. The van der Waals surface area contributed by atoms with Gasteiger partial charge in [-0.05, 0) is 149 Å². The Kier molecular flexibility index (Phi) is 9.43. The van der Waals surface area contributed by atoms with E-state index in [4.69, 9.17) is 19.7 Å². The molecule has 2 aliphatic rings. The van der Waals surface area contributed by atoms with Crippen LogP contribution >= 0.6 is 0 Å². The van der Waals surface area contributed by atoms with Gasteiger partial charge in [-0.1, -0.05) is 83.5 Å². The maximum absolute atomic E-state index is 7.19. The number of anilines is 1. The summed E-state index contributed by atoms with van der Waals surface area (Å²) in [5.74, 6) is 3.68. The van der Waals surface area contributed by atoms with Gasteiger partial charge in [0.1, 0.15) is 23.0 Å². The van der Waals surface area contributed by atoms with Gasteiger partial charge in [-0.3, -0.25) is 14.5 Å². The molecule has 1 atom stereocenters. The first kappa shape index (κ1) is 40.6. The molecule has 0 bridgehead atoms. The van der Waals surface area contributed by atoms with E-state index in [2.05, 4.69) is 185 Å². The molecule has 0 spiro atoms. The number of para-hydroxylation sites is 1. The molecule has 0 fully saturated rings. The fraction of sp³-hybridized carbons (Fsp3) is 0.364. The zero-order chi connectivity index (χ0) is 43.5. The Labute approximate surface area is 362 Å². The van der Waals surface area contributed by atoms with Crippen LogP contribution in [0.25, 0.3) is 38.9 Å². The van der Waals surface area contributed by atoms with Gasteiger partial charge in [0.15, 0.2) is 0 Å². The summed E-state index contributed by atoms with van der Waals surface area (Å²) < 4.78 is 9.56. The molecular formula is C55H61N5O. The molecule has 312 valence electrons. The summed E-state index contributed by atoms with van der Waals surface area (Å²) in [6.07, 6.45) is 3.84. The minimum atomic E-state index is -0.411. The Balaban J connectivity index is 1.26. The van der Waals surface area contributed by atoms with Crippen molar-refractivity contribution in [1.29, 1.82) is 0 Å². The van der Waals surface area contributed by atoms with E-state index in [0.29, 0.717) is 17.8 Å². The number of hydrogen-bond donors (Lipinski definition) is 0. The fourth-order valence-corrected chi connectivity index (χ4v) is 11.6. The van der Waals surface area contributed by atoms with Crippen LogP contribution < -0.4 is 9.64 Å². The third-order valence-electron chi connectivity index (χ3n) is 14.3. The Hall–Kier alpha value is -5.75. The van der Waals surface area contributed by atoms with Gasteiger partial charge in [-0.2, -0.15) is 0 Å². The number of aromatic nitrogens is 3. The molecular weight excluding hydrogens is 747 g/mol. The minimum absolute atomic E-state index is 0.233. The van der Waals surface area contributed by atoms with Crippen LogP contribution in [0.2, 0.25) is 0 Å². The normalized spacial score (nSPS) is 17.9. The molecule has 0 saturated heterocycles. The van der Waals surface area contributed by atoms with Crippen molar-refractivity contribution in [3.05, 3.63) is 142 Å². The van der Waals surface area contributed by atoms with Crippen molar-refractivity contribution in [2.24, 2.45) is 22.7 Å². The van der Waals surface area contributed by atoms with E-state index in [1.54, 1.807) is 0 Å². The van der Waals surface area contributed by atoms with Crippen LogP contribution in [0.1, 0.15) is 107 Å². The van der Waals surface area contributed by atoms with Crippen molar-refractivity contribution in [3.63, 3.8) is 0 Å². The van der Waals surface area contributed by atoms with Gasteiger partial charge in [0, 0.05) is 51.5 Å². The third-order valence-corrected chi connectivity index (χ3v) is 14.3. The number of aryl methyl sites for hydroxylation is 5. The van der Waals surface area contributed by atoms with Crippen LogP contribution in [0.5, 0.6) is 11.5 Å². The third kappa shape index (κ3) is 6.14. The average Bonchev–Trinajstić information content (AvgIpc) is 3.62. The van der Waals surface area contributed by atoms with Crippen LogP contribution in [-0.2, 0) is 5.41 Å². The van der Waals surface area contributed by atoms with Crippen LogP contribution in [0.4, 0.5) is 5.69 Å². The Morgan fingerprint density at radius 1 is 0.639 bits per heavy atom. The summed E-state index contributed by atoms with van der Waals surface area (Å²) in [4.78, 5) is 18.4. The Morgan fingerprint density at radius 3 is 2.02 bits per heavy atom. The zero-order valence-electron chi connectivity index (χ0n) is 38.6. The number of pyridine rings is 2. The first-order chi connectivity index (χ1) is 28.8. The quantitative estimate of drug-likeness (QED) is 0.153. The molecule has 9 rings (SSSR count). The smallest absolute Gasteiger partial charge is 0.145 e. The van der Waals surface area contributed by atoms with Crippen LogP contribution in [-0.4, -0.2) is 31.4 Å². The molecule has 4 aromatic carbocycles. The molecule has 6 heteroatoms. The number of amidine groups is 1. The van der Waals surface area contributed by atoms with E-state index in [9.17, 15) is 0 Å². The van der Waals surface area contributed by atoms with Gasteiger partial charge >= 0.3 is 0 Å². The van der Waals surface area contributed by atoms with Crippen LogP contribution in [0.15, 0.2) is 102 Å². The maximum atomic E-state index is 7.19. The van der Waals surface area contributed by atoms with Crippen molar-refractivity contribution < 1.29 is 4.74 Å². The fourth-order valence-electron chi connectivity index (χ4n) is 11.6. The number of rotatable bonds is 8. The lowest BCUT2D eigenvalue weighted by Crippen LogP contribution is -2.60. The molecule has 6 nitrogen and oxygen atoms in total. The summed E-state index contributed by atoms with van der Waals surface area (Å²) in [5.41, 5.74) is 14.9. The first-order valence-corrected chi connectivity index (χ1v) is 22.1. The summed E-state index contributed by atoms with van der Waals surface area (Å²) in [7, 11) is 0. The predicted octanol–water partition coefficient (Wildman–Crippen LogP) is 13.9. The Morgan fingerprint density at radius 2 is 1.34 bits per heavy atom. The topological polar surface area (TPSA) is 55.5 Å². The van der Waals surface area contributed by atoms with Gasteiger partial charge in [0.25, 0.3) is 0 Å². The van der Waals surface area contributed by atoms with E-state index < -0.39 is 5.54 Å². The molecule has 0 N–H and O–H groups in total. The van der Waals surface area contributed by atoms with Gasteiger partial charge in [0.2, 0.25) is 0 Å². The largest absolute Gasteiger partial charge is 0.457 e. The highest BCUT2D eigenvalue weighted by atomic mass is 16.5. The monoisotopic (exact) mass is 807 g/mol. The van der Waals surface area contributed by atoms with E-state index >= 15 is 0 Å². The van der Waals surface area contributed by atoms with E-state index in [1.165, 1.54) is 49.8 Å². The minimum Gasteiger partial charge on any atom is -0.457 e. The van der Waals surface area contributed by atoms with Gasteiger partial charge in [0.05, 0.1) is 28.0 Å². The molecule has 0 radical (unpaired) electrons. The number of ether oxygens (including phenoxy) is 1. The molecule has 7 aromatic rings. The van der Waals surface area contributed by atoms with Gasteiger partial charge in [-0.25, -0.2) is 4.98 Å². The SMILES string of the molecule is Cc1cc(C)c(N2C(c3cc(Oc4cc5c(cc4C)C(C)(C)c4cccc6c7cc(C)cnc7n-5c46)cc(-c4ccccn4)c3)=N[C@](C)(C(C(C)C)C(C)C)C2(C)C)c(C)c1. The van der Waals surface area contributed by atoms with Gasteiger partial charge < -0.3 is 9.64 Å². The average molecular weight is 808 g/mol. The number of nitrogens with zero attached hydrogens (tertiary/aromatic N) is 5. The van der Waals surface area contributed by atoms with E-state index in [1.807, 2.05) is 18.5 Å². The van der Waals surface area contributed by atoms with E-state index in [0.717, 1.165) is 56.6 Å². The molecule has 3 aromatic heterocycles. The number of benzene rings is 4. The summed E-state index contributed by atoms with van der Waals surface area (Å²) in [5, 5.41) is 2.40. The number of fused-ring (bicyclic) bond motifs is 5. The number of aliphatic imine (C=N–C) groups is 1. The highest BCUT2D eigenvalue weighted by Gasteiger charge is 2.58. The molecule has 0 unspecified atom stereocenters. The lowest BCUT2D eigenvalue weighted by Gasteiger charge is -2.50. The predicted molar refractivity (Wildman–Crippen MR) is 255 cm³/mol. The van der Waals surface area contributed by atoms with Gasteiger partial charge in [-0.15, -0.1) is 0 Å². The molecule has 5 heterocycles. The second kappa shape index (κ2) is 14.2. The van der Waals surface area contributed by atoms with Crippen molar-refractivity contribution in [2.45, 2.75) is 113 Å². The van der Waals surface area contributed by atoms with Crippen molar-refractivity contribution >= 4 is 33.5 Å². The van der Waals surface area contributed by atoms with Crippen molar-refractivity contribution in [2.75, 3.05) is 4.90 Å². The highest BCUT2D eigenvalue weighted by molar-refractivity contribution is 6.14. The maximum Gasteiger partial charge on any atom is 0.145 e. The van der Waals surface area contributed by atoms with Crippen molar-refractivity contribution in [3.8, 4) is 28.4 Å². The Bertz CT molecular complexity index is 2900. The second-order valence-electron chi connectivity index (χ2n) is 20.0. The second-order valence-corrected chi connectivity index (χ2v) is 20.0. The lowest BCUT2D eigenvalue weighted by atomic mass is 9.64. The molecule has 0 aliphatic carbocycles. The van der Waals surface area contributed by atoms with Crippen molar-refractivity contribution in [1.82, 2.24) is 14.5 Å². The first-order valence-electron chi connectivity index (χ1n) is 22.1. The standard InChI is InChI=1S/C55H61N5O/c1-31(2)48(32(3)4)55(14)54(12,13)60(49-36(8)22-33(5)23-37(49)9)51(58-55)39-26-38(45-20-15-16-21-56-45)27-40(28-39)61-47-29-46-44(25-35(47)7)53(10,11)43-19-17-18-41-42-24-34(6)30-57-52(42)59(46)50(41)43/h15-32,48H,1-14H3/t55-/m1/s1. The molecule has 61 heavy (non-hydrogen) atoms. The molecule has 0 amide bonds. The summed E-state index contributed by atoms with van der Waals surface area (Å²) in [6, 6.07) is 30.9. The summed E-state index contributed by atoms with van der Waals surface area (Å²) in [6.45, 7) is 32.3. The molecule has 0 saturated carbocycles. The highest BCUT2D eigenvalue weighted by Crippen LogP contribution is 2.53. The van der Waals surface area contributed by atoms with E-state index in [-0.39, 0.29) is 11.0 Å². The zero-order valence-corrected chi connectivity index (χ0v) is 38.6. The molecule has 2 aliphatic heterocycles. The number of hydrogen-bond acceptors (Lipinski definition) is 5.